The topological polar surface area (TPSA) is 53.3 Å². The van der Waals surface area contributed by atoms with Crippen LogP contribution >= 0.6 is 0 Å². The van der Waals surface area contributed by atoms with Gasteiger partial charge in [-0.2, -0.15) is 5.26 Å². The third-order valence-electron chi connectivity index (χ3n) is 3.85. The summed E-state index contributed by atoms with van der Waals surface area (Å²) in [6.45, 7) is 1.39. The number of likely N-dealkylation sites (tertiary alicyclic amines) is 1. The van der Waals surface area contributed by atoms with Gasteiger partial charge in [0.15, 0.2) is 0 Å². The molecule has 0 aromatic heterocycles. The van der Waals surface area contributed by atoms with E-state index >= 15 is 0 Å². The first-order valence-electron chi connectivity index (χ1n) is 5.95. The van der Waals surface area contributed by atoms with E-state index in [2.05, 4.69) is 6.07 Å². The number of ether oxygens (including phenoxy) is 1. The molecule has 0 spiro atoms. The van der Waals surface area contributed by atoms with Crippen molar-refractivity contribution in [3.05, 3.63) is 0 Å². The fraction of sp³-hybridized carbons (Fsp3) is 0.833. The van der Waals surface area contributed by atoms with Crippen LogP contribution in [0.5, 0.6) is 0 Å². The van der Waals surface area contributed by atoms with Gasteiger partial charge in [0.25, 0.3) is 0 Å². The second-order valence-corrected chi connectivity index (χ2v) is 4.80. The minimum Gasteiger partial charge on any atom is -0.380 e. The summed E-state index contributed by atoms with van der Waals surface area (Å²) in [5, 5.41) is 9.24. The Balaban J connectivity index is 2.05. The SMILES string of the molecule is COC1CCN(C(=O)C2(C#N)CCCC2)C1. The van der Waals surface area contributed by atoms with E-state index in [9.17, 15) is 10.1 Å². The Morgan fingerprint density at radius 3 is 2.69 bits per heavy atom. The molecule has 1 aliphatic carbocycles. The van der Waals surface area contributed by atoms with Gasteiger partial charge in [-0.3, -0.25) is 4.79 Å². The number of hydrogen-bond donors (Lipinski definition) is 0. The van der Waals surface area contributed by atoms with Crippen LogP contribution in [0.3, 0.4) is 0 Å². The van der Waals surface area contributed by atoms with Crippen LogP contribution in [0.15, 0.2) is 0 Å². The fourth-order valence-corrected chi connectivity index (χ4v) is 2.76. The Bertz CT molecular complexity index is 315. The molecule has 1 saturated heterocycles. The van der Waals surface area contributed by atoms with Crippen LogP contribution < -0.4 is 0 Å². The number of rotatable bonds is 2. The van der Waals surface area contributed by atoms with Gasteiger partial charge in [0.05, 0.1) is 12.2 Å². The number of hydrogen-bond acceptors (Lipinski definition) is 3. The van der Waals surface area contributed by atoms with Gasteiger partial charge < -0.3 is 9.64 Å². The van der Waals surface area contributed by atoms with Gasteiger partial charge in [0, 0.05) is 20.2 Å². The highest BCUT2D eigenvalue weighted by Crippen LogP contribution is 2.39. The zero-order valence-electron chi connectivity index (χ0n) is 9.74. The summed E-state index contributed by atoms with van der Waals surface area (Å²) in [5.41, 5.74) is -0.720. The van der Waals surface area contributed by atoms with Crippen LogP contribution in [-0.2, 0) is 9.53 Å². The number of methoxy groups -OCH3 is 1. The maximum Gasteiger partial charge on any atom is 0.243 e. The fourth-order valence-electron chi connectivity index (χ4n) is 2.76. The average Bonchev–Trinajstić information content (AvgIpc) is 2.98. The summed E-state index contributed by atoms with van der Waals surface area (Å²) in [5.74, 6) is 0.0343. The molecule has 0 N–H and O–H groups in total. The first-order chi connectivity index (χ1) is 7.72. The van der Waals surface area contributed by atoms with E-state index in [4.69, 9.17) is 4.74 Å². The Morgan fingerprint density at radius 1 is 1.50 bits per heavy atom. The quantitative estimate of drug-likeness (QED) is 0.708. The van der Waals surface area contributed by atoms with Crippen LogP contribution in [0.4, 0.5) is 0 Å². The van der Waals surface area contributed by atoms with Gasteiger partial charge in [-0.15, -0.1) is 0 Å². The number of carbonyl (C=O) groups excluding carboxylic acids is 1. The third kappa shape index (κ3) is 1.80. The second kappa shape index (κ2) is 4.42. The smallest absolute Gasteiger partial charge is 0.243 e. The zero-order chi connectivity index (χ0) is 11.6. The lowest BCUT2D eigenvalue weighted by Crippen LogP contribution is -2.41. The minimum atomic E-state index is -0.720. The first kappa shape index (κ1) is 11.4. The van der Waals surface area contributed by atoms with E-state index in [1.807, 2.05) is 4.90 Å². The summed E-state index contributed by atoms with van der Waals surface area (Å²) in [4.78, 5) is 14.1. The van der Waals surface area contributed by atoms with Crippen LogP contribution in [-0.4, -0.2) is 37.1 Å². The highest BCUT2D eigenvalue weighted by atomic mass is 16.5. The maximum absolute atomic E-state index is 12.3. The molecule has 1 unspecified atom stereocenters. The monoisotopic (exact) mass is 222 g/mol. The van der Waals surface area contributed by atoms with Crippen LogP contribution in [0.1, 0.15) is 32.1 Å². The molecule has 2 rings (SSSR count). The maximum atomic E-state index is 12.3. The Hall–Kier alpha value is -1.08. The van der Waals surface area contributed by atoms with Crippen molar-refractivity contribution in [2.45, 2.75) is 38.2 Å². The first-order valence-corrected chi connectivity index (χ1v) is 5.95. The van der Waals surface area contributed by atoms with Gasteiger partial charge in [-0.25, -0.2) is 0 Å². The molecule has 2 fully saturated rings. The lowest BCUT2D eigenvalue weighted by molar-refractivity contribution is -0.138. The average molecular weight is 222 g/mol. The molecule has 0 bridgehead atoms. The highest BCUT2D eigenvalue weighted by Gasteiger charge is 2.45. The normalized spacial score (nSPS) is 28.0. The van der Waals surface area contributed by atoms with Gasteiger partial charge in [0.2, 0.25) is 5.91 Å². The highest BCUT2D eigenvalue weighted by molar-refractivity contribution is 5.86. The molecule has 0 aromatic carbocycles. The predicted octanol–water partition coefficient (Wildman–Crippen LogP) is 1.32. The minimum absolute atomic E-state index is 0.0343. The van der Waals surface area contributed by atoms with Crippen molar-refractivity contribution in [1.82, 2.24) is 4.90 Å². The van der Waals surface area contributed by atoms with E-state index in [1.165, 1.54) is 0 Å². The molecule has 0 aromatic rings. The zero-order valence-corrected chi connectivity index (χ0v) is 9.74. The summed E-state index contributed by atoms with van der Waals surface area (Å²) < 4.78 is 5.24. The van der Waals surface area contributed by atoms with Crippen molar-refractivity contribution >= 4 is 5.91 Å². The van der Waals surface area contributed by atoms with E-state index in [1.54, 1.807) is 7.11 Å². The Kier molecular flexibility index (Phi) is 3.15. The summed E-state index contributed by atoms with van der Waals surface area (Å²) in [7, 11) is 1.67. The molecule has 1 aliphatic heterocycles. The predicted molar refractivity (Wildman–Crippen MR) is 58.5 cm³/mol. The van der Waals surface area contributed by atoms with Gasteiger partial charge in [-0.05, 0) is 19.3 Å². The van der Waals surface area contributed by atoms with Gasteiger partial charge in [0.1, 0.15) is 5.41 Å². The molecule has 2 aliphatic rings. The lowest BCUT2D eigenvalue weighted by atomic mass is 9.86. The van der Waals surface area contributed by atoms with Gasteiger partial charge >= 0.3 is 0 Å². The number of carbonyl (C=O) groups is 1. The molecule has 1 heterocycles. The number of amides is 1. The molecule has 88 valence electrons. The molecule has 1 saturated carbocycles. The van der Waals surface area contributed by atoms with Crippen molar-refractivity contribution in [3.63, 3.8) is 0 Å². The van der Waals surface area contributed by atoms with Crippen LogP contribution in [0, 0.1) is 16.7 Å². The molecule has 4 nitrogen and oxygen atoms in total. The largest absolute Gasteiger partial charge is 0.380 e. The van der Waals surface area contributed by atoms with E-state index < -0.39 is 5.41 Å². The van der Waals surface area contributed by atoms with Crippen molar-refractivity contribution in [3.8, 4) is 6.07 Å². The van der Waals surface area contributed by atoms with E-state index in [0.717, 1.165) is 38.6 Å². The molecule has 1 amide bonds. The van der Waals surface area contributed by atoms with Crippen LogP contribution in [0.25, 0.3) is 0 Å². The van der Waals surface area contributed by atoms with Crippen molar-refractivity contribution in [1.29, 1.82) is 5.26 Å². The molecular formula is C12H18N2O2. The lowest BCUT2D eigenvalue weighted by Gasteiger charge is -2.26. The molecule has 1 atom stereocenters. The summed E-state index contributed by atoms with van der Waals surface area (Å²) >= 11 is 0. The standard InChI is InChI=1S/C12H18N2O2/c1-16-10-4-7-14(8-10)11(15)12(9-13)5-2-3-6-12/h10H,2-8H2,1H3. The van der Waals surface area contributed by atoms with Crippen LogP contribution in [0.2, 0.25) is 0 Å². The summed E-state index contributed by atoms with van der Waals surface area (Å²) in [6, 6.07) is 2.25. The Labute approximate surface area is 96.2 Å². The van der Waals surface area contributed by atoms with E-state index in [0.29, 0.717) is 6.54 Å². The molecule has 0 radical (unpaired) electrons. The van der Waals surface area contributed by atoms with Crippen molar-refractivity contribution in [2.24, 2.45) is 5.41 Å². The second-order valence-electron chi connectivity index (χ2n) is 4.80. The molecular weight excluding hydrogens is 204 g/mol. The van der Waals surface area contributed by atoms with E-state index in [-0.39, 0.29) is 12.0 Å². The summed E-state index contributed by atoms with van der Waals surface area (Å²) in [6.07, 6.45) is 4.51. The number of nitriles is 1. The molecule has 16 heavy (non-hydrogen) atoms. The van der Waals surface area contributed by atoms with Crippen molar-refractivity contribution in [2.75, 3.05) is 20.2 Å². The Morgan fingerprint density at radius 2 is 2.19 bits per heavy atom. The van der Waals surface area contributed by atoms with Gasteiger partial charge in [-0.1, -0.05) is 12.8 Å². The van der Waals surface area contributed by atoms with Crippen molar-refractivity contribution < 1.29 is 9.53 Å². The third-order valence-corrected chi connectivity index (χ3v) is 3.85. The molecule has 4 heteroatoms. The number of nitrogens with zero attached hydrogens (tertiary/aromatic N) is 2.